The highest BCUT2D eigenvalue weighted by atomic mass is 32.2. The van der Waals surface area contributed by atoms with Crippen LogP contribution in [0.1, 0.15) is 28.9 Å². The van der Waals surface area contributed by atoms with Crippen LogP contribution in [0.3, 0.4) is 0 Å². The van der Waals surface area contributed by atoms with Gasteiger partial charge in [-0.05, 0) is 42.8 Å². The van der Waals surface area contributed by atoms with Gasteiger partial charge in [-0.1, -0.05) is 18.2 Å². The van der Waals surface area contributed by atoms with Crippen LogP contribution < -0.4 is 5.32 Å². The first-order valence-electron chi connectivity index (χ1n) is 8.71. The van der Waals surface area contributed by atoms with Crippen molar-refractivity contribution < 1.29 is 13.2 Å². The van der Waals surface area contributed by atoms with Crippen molar-refractivity contribution in [3.63, 3.8) is 0 Å². The molecule has 8 heteroatoms. The topological polar surface area (TPSA) is 84.3 Å². The van der Waals surface area contributed by atoms with Crippen LogP contribution in [0.4, 0.5) is 0 Å². The Morgan fingerprint density at radius 2 is 1.86 bits per heavy atom. The Morgan fingerprint density at radius 3 is 2.46 bits per heavy atom. The molecule has 0 saturated heterocycles. The van der Waals surface area contributed by atoms with E-state index in [0.717, 1.165) is 15.6 Å². The molecular formula is C20H22N4O3S. The number of hydrogen-bond acceptors (Lipinski definition) is 4. The number of carbonyl (C=O) groups is 1. The van der Waals surface area contributed by atoms with Gasteiger partial charge in [-0.3, -0.25) is 4.79 Å². The Kier molecular flexibility index (Phi) is 5.62. The molecule has 28 heavy (non-hydrogen) atoms. The SMILES string of the molecule is CC(NC(=O)c1cccc(S(=O)(=O)N(C)C)c1)c1ccc(-n2ccnc2)cc1. The second kappa shape index (κ2) is 7.95. The van der Waals surface area contributed by atoms with Gasteiger partial charge < -0.3 is 9.88 Å². The van der Waals surface area contributed by atoms with Crippen LogP contribution in [-0.2, 0) is 10.0 Å². The summed E-state index contributed by atoms with van der Waals surface area (Å²) in [7, 11) is -0.682. The van der Waals surface area contributed by atoms with Gasteiger partial charge in [0, 0.05) is 37.7 Å². The lowest BCUT2D eigenvalue weighted by Crippen LogP contribution is -2.27. The van der Waals surface area contributed by atoms with E-state index >= 15 is 0 Å². The maximum atomic E-state index is 12.6. The monoisotopic (exact) mass is 398 g/mol. The van der Waals surface area contributed by atoms with Crippen molar-refractivity contribution in [3.8, 4) is 5.69 Å². The average Bonchev–Trinajstić information content (AvgIpc) is 3.23. The summed E-state index contributed by atoms with van der Waals surface area (Å²) in [5.74, 6) is -0.331. The molecule has 1 heterocycles. The van der Waals surface area contributed by atoms with Gasteiger partial charge in [0.05, 0.1) is 17.3 Å². The zero-order chi connectivity index (χ0) is 20.3. The average molecular weight is 398 g/mol. The molecule has 1 amide bonds. The van der Waals surface area contributed by atoms with Crippen LogP contribution in [0.5, 0.6) is 0 Å². The summed E-state index contributed by atoms with van der Waals surface area (Å²) in [4.78, 5) is 16.7. The van der Waals surface area contributed by atoms with Crippen molar-refractivity contribution >= 4 is 15.9 Å². The molecule has 0 aliphatic carbocycles. The van der Waals surface area contributed by atoms with Crippen molar-refractivity contribution in [1.29, 1.82) is 0 Å². The molecule has 0 aliphatic rings. The third-order valence-electron chi connectivity index (χ3n) is 4.42. The molecule has 1 atom stereocenters. The summed E-state index contributed by atoms with van der Waals surface area (Å²) in [5, 5.41) is 2.91. The number of imidazole rings is 1. The molecule has 0 radical (unpaired) electrons. The third kappa shape index (κ3) is 4.13. The van der Waals surface area contributed by atoms with Crippen LogP contribution in [0.2, 0.25) is 0 Å². The fraction of sp³-hybridized carbons (Fsp3) is 0.200. The Bertz CT molecular complexity index is 1060. The van der Waals surface area contributed by atoms with Gasteiger partial charge in [-0.2, -0.15) is 0 Å². The molecule has 0 aliphatic heterocycles. The summed E-state index contributed by atoms with van der Waals surface area (Å²) in [6.45, 7) is 1.88. The molecule has 7 nitrogen and oxygen atoms in total. The minimum absolute atomic E-state index is 0.0856. The van der Waals surface area contributed by atoms with E-state index in [1.54, 1.807) is 24.7 Å². The number of hydrogen-bond donors (Lipinski definition) is 1. The first-order valence-corrected chi connectivity index (χ1v) is 10.1. The Balaban J connectivity index is 1.74. The number of amides is 1. The molecule has 1 N–H and O–H groups in total. The Hall–Kier alpha value is -2.97. The normalized spacial score (nSPS) is 12.7. The molecule has 0 fully saturated rings. The maximum absolute atomic E-state index is 12.6. The van der Waals surface area contributed by atoms with E-state index in [0.29, 0.717) is 5.56 Å². The van der Waals surface area contributed by atoms with Crippen molar-refractivity contribution in [2.24, 2.45) is 0 Å². The first kappa shape index (κ1) is 19.8. The highest BCUT2D eigenvalue weighted by Gasteiger charge is 2.19. The van der Waals surface area contributed by atoms with Gasteiger partial charge in [0.2, 0.25) is 10.0 Å². The molecule has 2 aromatic carbocycles. The molecule has 3 aromatic rings. The van der Waals surface area contributed by atoms with E-state index in [2.05, 4.69) is 10.3 Å². The highest BCUT2D eigenvalue weighted by Crippen LogP contribution is 2.18. The van der Waals surface area contributed by atoms with Gasteiger partial charge in [0.1, 0.15) is 0 Å². The molecule has 0 bridgehead atoms. The van der Waals surface area contributed by atoms with E-state index in [1.807, 2.05) is 42.0 Å². The summed E-state index contributed by atoms with van der Waals surface area (Å²) in [6.07, 6.45) is 5.28. The second-order valence-electron chi connectivity index (χ2n) is 6.57. The Morgan fingerprint density at radius 1 is 1.14 bits per heavy atom. The lowest BCUT2D eigenvalue weighted by molar-refractivity contribution is 0.0939. The van der Waals surface area contributed by atoms with E-state index in [9.17, 15) is 13.2 Å². The maximum Gasteiger partial charge on any atom is 0.251 e. The fourth-order valence-electron chi connectivity index (χ4n) is 2.72. The summed E-state index contributed by atoms with van der Waals surface area (Å²) >= 11 is 0. The lowest BCUT2D eigenvalue weighted by Gasteiger charge is -2.16. The number of nitrogens with zero attached hydrogens (tertiary/aromatic N) is 3. The van der Waals surface area contributed by atoms with Crippen molar-refractivity contribution in [1.82, 2.24) is 19.2 Å². The Labute approximate surface area is 164 Å². The van der Waals surface area contributed by atoms with Gasteiger partial charge in [-0.25, -0.2) is 17.7 Å². The van der Waals surface area contributed by atoms with E-state index in [1.165, 1.54) is 26.2 Å². The van der Waals surface area contributed by atoms with Crippen LogP contribution >= 0.6 is 0 Å². The summed E-state index contributed by atoms with van der Waals surface area (Å²) < 4.78 is 27.5. The second-order valence-corrected chi connectivity index (χ2v) is 8.72. The zero-order valence-electron chi connectivity index (χ0n) is 15.9. The standard InChI is InChI=1S/C20H22N4O3S/c1-15(16-7-9-18(10-8-16)24-12-11-21-14-24)22-20(25)17-5-4-6-19(13-17)28(26,27)23(2)3/h4-15H,1-3H3,(H,22,25). The van der Waals surface area contributed by atoms with Gasteiger partial charge in [0.25, 0.3) is 5.91 Å². The number of nitrogens with one attached hydrogen (secondary N) is 1. The smallest absolute Gasteiger partial charge is 0.251 e. The van der Waals surface area contributed by atoms with E-state index in [-0.39, 0.29) is 16.8 Å². The van der Waals surface area contributed by atoms with Crippen molar-refractivity contribution in [3.05, 3.63) is 78.4 Å². The molecular weight excluding hydrogens is 376 g/mol. The van der Waals surface area contributed by atoms with Crippen LogP contribution in [0.25, 0.3) is 5.69 Å². The van der Waals surface area contributed by atoms with Crippen LogP contribution in [0.15, 0.2) is 72.1 Å². The number of sulfonamides is 1. The van der Waals surface area contributed by atoms with Crippen LogP contribution in [0, 0.1) is 0 Å². The third-order valence-corrected chi connectivity index (χ3v) is 6.23. The molecule has 0 saturated carbocycles. The largest absolute Gasteiger partial charge is 0.346 e. The lowest BCUT2D eigenvalue weighted by atomic mass is 10.1. The quantitative estimate of drug-likeness (QED) is 0.692. The van der Waals surface area contributed by atoms with Crippen molar-refractivity contribution in [2.75, 3.05) is 14.1 Å². The molecule has 3 rings (SSSR count). The van der Waals surface area contributed by atoms with Crippen LogP contribution in [-0.4, -0.2) is 42.3 Å². The van der Waals surface area contributed by atoms with E-state index in [4.69, 9.17) is 0 Å². The minimum atomic E-state index is -3.59. The fourth-order valence-corrected chi connectivity index (χ4v) is 3.67. The summed E-state index contributed by atoms with van der Waals surface area (Å²) in [6, 6.07) is 13.6. The predicted octanol–water partition coefficient (Wildman–Crippen LogP) is 2.61. The number of aromatic nitrogens is 2. The number of carbonyl (C=O) groups excluding carboxylic acids is 1. The first-order chi connectivity index (χ1) is 13.3. The molecule has 146 valence electrons. The van der Waals surface area contributed by atoms with Gasteiger partial charge in [-0.15, -0.1) is 0 Å². The molecule has 1 unspecified atom stereocenters. The molecule has 0 spiro atoms. The minimum Gasteiger partial charge on any atom is -0.346 e. The van der Waals surface area contributed by atoms with E-state index < -0.39 is 10.0 Å². The van der Waals surface area contributed by atoms with Crippen molar-refractivity contribution in [2.45, 2.75) is 17.9 Å². The predicted molar refractivity (Wildman–Crippen MR) is 107 cm³/mol. The molecule has 1 aromatic heterocycles. The van der Waals surface area contributed by atoms with Gasteiger partial charge in [0.15, 0.2) is 0 Å². The highest BCUT2D eigenvalue weighted by molar-refractivity contribution is 7.89. The number of benzene rings is 2. The zero-order valence-corrected chi connectivity index (χ0v) is 16.7. The van der Waals surface area contributed by atoms with Gasteiger partial charge >= 0.3 is 0 Å². The number of rotatable bonds is 6. The summed E-state index contributed by atoms with van der Waals surface area (Å²) in [5.41, 5.74) is 2.21.